The summed E-state index contributed by atoms with van der Waals surface area (Å²) in [7, 11) is 2.08. The fourth-order valence-corrected chi connectivity index (χ4v) is 2.61. The van der Waals surface area contributed by atoms with Gasteiger partial charge in [0.25, 0.3) is 0 Å². The molecule has 86 valence electrons. The first-order valence-corrected chi connectivity index (χ1v) is 5.88. The van der Waals surface area contributed by atoms with Gasteiger partial charge in [-0.05, 0) is 32.9 Å². The van der Waals surface area contributed by atoms with E-state index in [0.29, 0.717) is 6.04 Å². The van der Waals surface area contributed by atoms with Crippen LogP contribution >= 0.6 is 0 Å². The number of nitrogens with zero attached hydrogens (tertiary/aromatic N) is 1. The van der Waals surface area contributed by atoms with Crippen molar-refractivity contribution in [1.82, 2.24) is 10.2 Å². The second-order valence-electron chi connectivity index (χ2n) is 5.08. The van der Waals surface area contributed by atoms with Crippen molar-refractivity contribution in [3.8, 4) is 0 Å². The average molecular weight is 211 g/mol. The predicted molar refractivity (Wildman–Crippen MR) is 59.4 cm³/mol. The summed E-state index contributed by atoms with van der Waals surface area (Å²) in [5.41, 5.74) is 5.52. The van der Waals surface area contributed by atoms with Crippen LogP contribution in [0, 0.1) is 0 Å². The molecule has 2 rings (SSSR count). The van der Waals surface area contributed by atoms with E-state index in [4.69, 9.17) is 5.73 Å². The standard InChI is InChI=1S/C11H21N3O/c1-14-7-4-9(8-14)13-10(15)11(12)5-2-3-6-11/h9H,2-8,12H2,1H3,(H,13,15). The van der Waals surface area contributed by atoms with E-state index in [1.165, 1.54) is 0 Å². The summed E-state index contributed by atoms with van der Waals surface area (Å²) >= 11 is 0. The zero-order chi connectivity index (χ0) is 10.9. The quantitative estimate of drug-likeness (QED) is 0.680. The van der Waals surface area contributed by atoms with Crippen LogP contribution < -0.4 is 11.1 Å². The average Bonchev–Trinajstić information content (AvgIpc) is 2.76. The third-order valence-corrected chi connectivity index (χ3v) is 3.67. The summed E-state index contributed by atoms with van der Waals surface area (Å²) in [6.07, 6.45) is 4.93. The van der Waals surface area contributed by atoms with Gasteiger partial charge in [0.05, 0.1) is 5.54 Å². The van der Waals surface area contributed by atoms with Gasteiger partial charge in [-0.1, -0.05) is 12.8 Å². The Morgan fingerprint density at radius 1 is 1.47 bits per heavy atom. The summed E-state index contributed by atoms with van der Waals surface area (Å²) in [5.74, 6) is 0.0697. The Kier molecular flexibility index (Phi) is 2.98. The van der Waals surface area contributed by atoms with Gasteiger partial charge in [0.1, 0.15) is 0 Å². The summed E-state index contributed by atoms with van der Waals surface area (Å²) in [6.45, 7) is 2.03. The zero-order valence-electron chi connectivity index (χ0n) is 9.46. The fraction of sp³-hybridized carbons (Fsp3) is 0.909. The predicted octanol–water partition coefficient (Wildman–Crippen LogP) is 0.0782. The lowest BCUT2D eigenvalue weighted by Crippen LogP contribution is -2.54. The number of rotatable bonds is 2. The van der Waals surface area contributed by atoms with E-state index in [2.05, 4.69) is 17.3 Å². The van der Waals surface area contributed by atoms with Gasteiger partial charge in [-0.2, -0.15) is 0 Å². The van der Waals surface area contributed by atoms with E-state index in [-0.39, 0.29) is 5.91 Å². The van der Waals surface area contributed by atoms with Crippen molar-refractivity contribution in [3.05, 3.63) is 0 Å². The lowest BCUT2D eigenvalue weighted by atomic mass is 9.97. The van der Waals surface area contributed by atoms with Crippen molar-refractivity contribution in [2.45, 2.75) is 43.7 Å². The Morgan fingerprint density at radius 2 is 2.13 bits per heavy atom. The number of amides is 1. The molecule has 1 saturated carbocycles. The van der Waals surface area contributed by atoms with Crippen LogP contribution in [-0.2, 0) is 4.79 Å². The summed E-state index contributed by atoms with van der Waals surface area (Å²) in [4.78, 5) is 14.2. The Labute approximate surface area is 91.2 Å². The minimum absolute atomic E-state index is 0.0697. The molecule has 2 fully saturated rings. The maximum absolute atomic E-state index is 12.0. The lowest BCUT2D eigenvalue weighted by Gasteiger charge is -2.24. The molecule has 4 heteroatoms. The Hall–Kier alpha value is -0.610. The van der Waals surface area contributed by atoms with Gasteiger partial charge in [0.2, 0.25) is 5.91 Å². The molecule has 0 aromatic heterocycles. The molecule has 0 aromatic carbocycles. The maximum Gasteiger partial charge on any atom is 0.240 e. The largest absolute Gasteiger partial charge is 0.350 e. The molecule has 3 N–H and O–H groups in total. The first-order chi connectivity index (χ1) is 7.10. The van der Waals surface area contributed by atoms with Gasteiger partial charge in [-0.15, -0.1) is 0 Å². The number of hydrogen-bond donors (Lipinski definition) is 2. The number of likely N-dealkylation sites (tertiary alicyclic amines) is 1. The van der Waals surface area contributed by atoms with Crippen molar-refractivity contribution in [2.24, 2.45) is 5.73 Å². The van der Waals surface area contributed by atoms with Gasteiger partial charge in [0, 0.05) is 12.6 Å². The molecule has 1 aliphatic carbocycles. The molecule has 0 spiro atoms. The number of nitrogens with two attached hydrogens (primary N) is 1. The first kappa shape index (κ1) is 10.9. The molecule has 0 radical (unpaired) electrons. The molecule has 4 nitrogen and oxygen atoms in total. The first-order valence-electron chi connectivity index (χ1n) is 5.88. The number of nitrogens with one attached hydrogen (secondary N) is 1. The number of carbonyl (C=O) groups excluding carboxylic acids is 1. The van der Waals surface area contributed by atoms with Crippen LogP contribution in [0.15, 0.2) is 0 Å². The second kappa shape index (κ2) is 4.10. The third kappa shape index (κ3) is 2.32. The summed E-state index contributed by atoms with van der Waals surface area (Å²) < 4.78 is 0. The molecule has 1 amide bonds. The van der Waals surface area contributed by atoms with Crippen LogP contribution in [0.2, 0.25) is 0 Å². The molecular formula is C11H21N3O. The van der Waals surface area contributed by atoms with Crippen molar-refractivity contribution in [2.75, 3.05) is 20.1 Å². The van der Waals surface area contributed by atoms with E-state index in [1.54, 1.807) is 0 Å². The molecule has 2 aliphatic rings. The molecule has 1 saturated heterocycles. The highest BCUT2D eigenvalue weighted by molar-refractivity contribution is 5.86. The minimum Gasteiger partial charge on any atom is -0.350 e. The van der Waals surface area contributed by atoms with Crippen molar-refractivity contribution < 1.29 is 4.79 Å². The van der Waals surface area contributed by atoms with E-state index < -0.39 is 5.54 Å². The van der Waals surface area contributed by atoms with E-state index in [0.717, 1.165) is 45.2 Å². The Bertz CT molecular complexity index is 248. The highest BCUT2D eigenvalue weighted by atomic mass is 16.2. The van der Waals surface area contributed by atoms with Crippen LogP contribution in [0.5, 0.6) is 0 Å². The molecule has 1 aliphatic heterocycles. The van der Waals surface area contributed by atoms with Gasteiger partial charge >= 0.3 is 0 Å². The third-order valence-electron chi connectivity index (χ3n) is 3.67. The molecule has 15 heavy (non-hydrogen) atoms. The van der Waals surface area contributed by atoms with Crippen molar-refractivity contribution >= 4 is 5.91 Å². The lowest BCUT2D eigenvalue weighted by molar-refractivity contribution is -0.126. The van der Waals surface area contributed by atoms with Crippen LogP contribution in [0.4, 0.5) is 0 Å². The summed E-state index contributed by atoms with van der Waals surface area (Å²) in [6, 6.07) is 0.309. The highest BCUT2D eigenvalue weighted by Crippen LogP contribution is 2.27. The number of hydrogen-bond acceptors (Lipinski definition) is 3. The molecule has 1 unspecified atom stereocenters. The van der Waals surface area contributed by atoms with Crippen molar-refractivity contribution in [3.63, 3.8) is 0 Å². The SMILES string of the molecule is CN1CCC(NC(=O)C2(N)CCCC2)C1. The van der Waals surface area contributed by atoms with Gasteiger partial charge < -0.3 is 16.0 Å². The molecule has 1 heterocycles. The van der Waals surface area contributed by atoms with E-state index in [9.17, 15) is 4.79 Å². The zero-order valence-corrected chi connectivity index (χ0v) is 9.46. The maximum atomic E-state index is 12.0. The van der Waals surface area contributed by atoms with Gasteiger partial charge in [0.15, 0.2) is 0 Å². The van der Waals surface area contributed by atoms with Gasteiger partial charge in [-0.3, -0.25) is 4.79 Å². The number of carbonyl (C=O) groups is 1. The van der Waals surface area contributed by atoms with Gasteiger partial charge in [-0.25, -0.2) is 0 Å². The normalized spacial score (nSPS) is 30.7. The summed E-state index contributed by atoms with van der Waals surface area (Å²) in [5, 5.41) is 3.09. The number of likely N-dealkylation sites (N-methyl/N-ethyl adjacent to an activating group) is 1. The second-order valence-corrected chi connectivity index (χ2v) is 5.08. The van der Waals surface area contributed by atoms with Crippen LogP contribution in [0.1, 0.15) is 32.1 Å². The van der Waals surface area contributed by atoms with Crippen LogP contribution in [-0.4, -0.2) is 42.5 Å². The molecular weight excluding hydrogens is 190 g/mol. The topological polar surface area (TPSA) is 58.4 Å². The molecule has 0 bridgehead atoms. The molecule has 1 atom stereocenters. The van der Waals surface area contributed by atoms with Crippen molar-refractivity contribution in [1.29, 1.82) is 0 Å². The minimum atomic E-state index is -0.568. The highest BCUT2D eigenvalue weighted by Gasteiger charge is 2.38. The smallest absolute Gasteiger partial charge is 0.240 e. The monoisotopic (exact) mass is 211 g/mol. The Morgan fingerprint density at radius 3 is 2.67 bits per heavy atom. The fourth-order valence-electron chi connectivity index (χ4n) is 2.61. The molecule has 0 aromatic rings. The van der Waals surface area contributed by atoms with Crippen LogP contribution in [0.25, 0.3) is 0 Å². The Balaban J connectivity index is 1.86. The van der Waals surface area contributed by atoms with E-state index in [1.807, 2.05) is 0 Å². The van der Waals surface area contributed by atoms with E-state index >= 15 is 0 Å². The van der Waals surface area contributed by atoms with Crippen LogP contribution in [0.3, 0.4) is 0 Å².